The molecule has 0 unspecified atom stereocenters. The molecule has 0 aromatic heterocycles. The Morgan fingerprint density at radius 2 is 2.00 bits per heavy atom. The zero-order valence-electron chi connectivity index (χ0n) is 10.1. The van der Waals surface area contributed by atoms with Crippen molar-refractivity contribution >= 4 is 20.4 Å². The predicted molar refractivity (Wildman–Crippen MR) is 73.7 cm³/mol. The average molecular weight is 245 g/mol. The SMILES string of the molecule is CCC=CCC[Si@H]1CC[C@H](CCCl)CC1. The molecule has 1 fully saturated rings. The van der Waals surface area contributed by atoms with Crippen LogP contribution >= 0.6 is 11.6 Å². The zero-order valence-corrected chi connectivity index (χ0v) is 12.0. The Kier molecular flexibility index (Phi) is 7.46. The Morgan fingerprint density at radius 3 is 2.60 bits per heavy atom. The second kappa shape index (κ2) is 8.40. The smallest absolute Gasteiger partial charge is 0.0371 e. The van der Waals surface area contributed by atoms with Gasteiger partial charge in [-0.15, -0.1) is 11.6 Å². The molecule has 0 amide bonds. The van der Waals surface area contributed by atoms with Crippen molar-refractivity contribution in [3.05, 3.63) is 12.2 Å². The van der Waals surface area contributed by atoms with Crippen molar-refractivity contribution in [1.82, 2.24) is 0 Å². The van der Waals surface area contributed by atoms with E-state index < -0.39 is 0 Å². The summed E-state index contributed by atoms with van der Waals surface area (Å²) < 4.78 is 0. The summed E-state index contributed by atoms with van der Waals surface area (Å²) in [6.07, 6.45) is 11.5. The standard InChI is InChI=1S/C13H25ClSi/c1-2-3-4-5-10-15-11-7-13(6-9-14)8-12-15/h3-4,13,15H,2,5-12H2,1H3/t13-,15-. The fourth-order valence-electron chi connectivity index (χ4n) is 2.58. The topological polar surface area (TPSA) is 0 Å². The van der Waals surface area contributed by atoms with Crippen LogP contribution in [0.1, 0.15) is 39.0 Å². The summed E-state index contributed by atoms with van der Waals surface area (Å²) in [7, 11) is -0.327. The monoisotopic (exact) mass is 244 g/mol. The molecule has 1 heterocycles. The molecule has 0 N–H and O–H groups in total. The molecule has 0 aromatic rings. The van der Waals surface area contributed by atoms with Crippen LogP contribution in [0, 0.1) is 5.92 Å². The molecule has 1 rings (SSSR count). The largest absolute Gasteiger partial charge is 0.127 e. The highest BCUT2D eigenvalue weighted by Gasteiger charge is 2.20. The van der Waals surface area contributed by atoms with Crippen LogP contribution in [-0.4, -0.2) is 14.7 Å². The van der Waals surface area contributed by atoms with Crippen LogP contribution in [0.5, 0.6) is 0 Å². The van der Waals surface area contributed by atoms with Gasteiger partial charge in [0.05, 0.1) is 0 Å². The number of rotatable bonds is 6. The summed E-state index contributed by atoms with van der Waals surface area (Å²) in [5, 5.41) is 0. The molecule has 0 aliphatic carbocycles. The van der Waals surface area contributed by atoms with Gasteiger partial charge in [-0.2, -0.15) is 0 Å². The summed E-state index contributed by atoms with van der Waals surface area (Å²) in [5.41, 5.74) is 0. The van der Waals surface area contributed by atoms with Gasteiger partial charge in [0, 0.05) is 14.7 Å². The van der Waals surface area contributed by atoms with Crippen molar-refractivity contribution in [1.29, 1.82) is 0 Å². The van der Waals surface area contributed by atoms with E-state index in [-0.39, 0.29) is 8.80 Å². The number of hydrogen-bond donors (Lipinski definition) is 0. The maximum atomic E-state index is 5.79. The van der Waals surface area contributed by atoms with E-state index in [1.165, 1.54) is 32.1 Å². The van der Waals surface area contributed by atoms with Gasteiger partial charge in [-0.3, -0.25) is 0 Å². The molecule has 15 heavy (non-hydrogen) atoms. The number of halogens is 1. The number of hydrogen-bond acceptors (Lipinski definition) is 0. The third-order valence-electron chi connectivity index (χ3n) is 3.63. The van der Waals surface area contributed by atoms with E-state index in [1.54, 1.807) is 18.1 Å². The molecule has 1 aliphatic heterocycles. The van der Waals surface area contributed by atoms with Crippen LogP contribution in [0.25, 0.3) is 0 Å². The first-order chi connectivity index (χ1) is 7.36. The molecule has 1 aliphatic rings. The summed E-state index contributed by atoms with van der Waals surface area (Å²) in [5.74, 6) is 1.84. The minimum atomic E-state index is -0.327. The zero-order chi connectivity index (χ0) is 10.9. The van der Waals surface area contributed by atoms with Crippen LogP contribution in [0.3, 0.4) is 0 Å². The summed E-state index contributed by atoms with van der Waals surface area (Å²) in [6, 6.07) is 4.72. The Balaban J connectivity index is 2.06. The molecular weight excluding hydrogens is 220 g/mol. The lowest BCUT2D eigenvalue weighted by Gasteiger charge is -2.26. The van der Waals surface area contributed by atoms with E-state index in [1.807, 2.05) is 0 Å². The van der Waals surface area contributed by atoms with Crippen molar-refractivity contribution in [2.45, 2.75) is 57.2 Å². The highest BCUT2D eigenvalue weighted by atomic mass is 35.5. The molecule has 0 spiro atoms. The van der Waals surface area contributed by atoms with E-state index in [4.69, 9.17) is 11.6 Å². The summed E-state index contributed by atoms with van der Waals surface area (Å²) in [6.45, 7) is 2.21. The third kappa shape index (κ3) is 5.77. The Morgan fingerprint density at radius 1 is 1.27 bits per heavy atom. The Labute approximate surface area is 102 Å². The maximum absolute atomic E-state index is 5.79. The lowest BCUT2D eigenvalue weighted by Crippen LogP contribution is -2.21. The van der Waals surface area contributed by atoms with E-state index in [0.717, 1.165) is 11.8 Å². The molecule has 88 valence electrons. The number of allylic oxidation sites excluding steroid dienone is 2. The van der Waals surface area contributed by atoms with Gasteiger partial charge < -0.3 is 0 Å². The fourth-order valence-corrected chi connectivity index (χ4v) is 6.30. The average Bonchev–Trinajstić information content (AvgIpc) is 2.27. The van der Waals surface area contributed by atoms with E-state index in [2.05, 4.69) is 19.1 Å². The lowest BCUT2D eigenvalue weighted by atomic mass is 10.0. The lowest BCUT2D eigenvalue weighted by molar-refractivity contribution is 0.458. The van der Waals surface area contributed by atoms with Crippen LogP contribution < -0.4 is 0 Å². The molecule has 0 aromatic carbocycles. The fraction of sp³-hybridized carbons (Fsp3) is 0.846. The molecule has 0 saturated carbocycles. The molecule has 1 saturated heterocycles. The van der Waals surface area contributed by atoms with Crippen LogP contribution in [0.4, 0.5) is 0 Å². The van der Waals surface area contributed by atoms with Crippen molar-refractivity contribution < 1.29 is 0 Å². The van der Waals surface area contributed by atoms with Gasteiger partial charge in [-0.05, 0) is 25.2 Å². The van der Waals surface area contributed by atoms with Crippen LogP contribution in [-0.2, 0) is 0 Å². The second-order valence-corrected chi connectivity index (χ2v) is 8.66. The van der Waals surface area contributed by atoms with Gasteiger partial charge in [0.15, 0.2) is 0 Å². The molecule has 2 heteroatoms. The summed E-state index contributed by atoms with van der Waals surface area (Å²) in [4.78, 5) is 0. The van der Waals surface area contributed by atoms with Gasteiger partial charge >= 0.3 is 0 Å². The predicted octanol–water partition coefficient (Wildman–Crippen LogP) is 4.61. The molecule has 0 radical (unpaired) electrons. The highest BCUT2D eigenvalue weighted by molar-refractivity contribution is 6.59. The van der Waals surface area contributed by atoms with Gasteiger partial charge in [0.2, 0.25) is 0 Å². The third-order valence-corrected chi connectivity index (χ3v) is 7.30. The van der Waals surface area contributed by atoms with Gasteiger partial charge in [0.25, 0.3) is 0 Å². The van der Waals surface area contributed by atoms with Crippen molar-refractivity contribution in [3.8, 4) is 0 Å². The first-order valence-electron chi connectivity index (χ1n) is 6.57. The highest BCUT2D eigenvalue weighted by Crippen LogP contribution is 2.30. The minimum absolute atomic E-state index is 0.327. The second-order valence-electron chi connectivity index (χ2n) is 4.82. The number of alkyl halides is 1. The van der Waals surface area contributed by atoms with Crippen molar-refractivity contribution in [2.75, 3.05) is 5.88 Å². The molecular formula is C13H25ClSi. The Hall–Kier alpha value is 0.247. The van der Waals surface area contributed by atoms with Crippen LogP contribution in [0.15, 0.2) is 12.2 Å². The minimum Gasteiger partial charge on any atom is -0.127 e. The van der Waals surface area contributed by atoms with Crippen molar-refractivity contribution in [2.24, 2.45) is 5.92 Å². The van der Waals surface area contributed by atoms with Crippen LogP contribution in [0.2, 0.25) is 18.1 Å². The molecule has 0 atom stereocenters. The quantitative estimate of drug-likeness (QED) is 0.364. The normalized spacial score (nSPS) is 27.3. The maximum Gasteiger partial charge on any atom is 0.0371 e. The van der Waals surface area contributed by atoms with Crippen molar-refractivity contribution in [3.63, 3.8) is 0 Å². The first-order valence-corrected chi connectivity index (χ1v) is 9.56. The molecule has 0 nitrogen and oxygen atoms in total. The van der Waals surface area contributed by atoms with E-state index >= 15 is 0 Å². The van der Waals surface area contributed by atoms with Gasteiger partial charge in [-0.25, -0.2) is 0 Å². The summed E-state index contributed by atoms with van der Waals surface area (Å²) >= 11 is 5.79. The van der Waals surface area contributed by atoms with E-state index in [0.29, 0.717) is 0 Å². The van der Waals surface area contributed by atoms with Gasteiger partial charge in [-0.1, -0.05) is 50.0 Å². The van der Waals surface area contributed by atoms with Gasteiger partial charge in [0.1, 0.15) is 0 Å². The first kappa shape index (κ1) is 13.3. The Bertz CT molecular complexity index is 171. The molecule has 0 bridgehead atoms. The van der Waals surface area contributed by atoms with E-state index in [9.17, 15) is 0 Å².